The highest BCUT2D eigenvalue weighted by Gasteiger charge is 2.14. The second kappa shape index (κ2) is 3.98. The van der Waals surface area contributed by atoms with Crippen molar-refractivity contribution in [3.05, 3.63) is 23.8 Å². The van der Waals surface area contributed by atoms with E-state index in [0.29, 0.717) is 12.2 Å². The lowest BCUT2D eigenvalue weighted by molar-refractivity contribution is 0.483. The Morgan fingerprint density at radius 3 is 2.57 bits per heavy atom. The predicted octanol–water partition coefficient (Wildman–Crippen LogP) is 1.67. The Kier molecular flexibility index (Phi) is 3.13. The molecule has 0 aliphatic rings. The Bertz CT molecular complexity index is 426. The van der Waals surface area contributed by atoms with Gasteiger partial charge in [-0.25, -0.2) is 0 Å². The van der Waals surface area contributed by atoms with Crippen LogP contribution in [0.1, 0.15) is 12.5 Å². The monoisotopic (exact) mass is 215 g/mol. The van der Waals surface area contributed by atoms with Crippen molar-refractivity contribution in [2.75, 3.05) is 11.9 Å². The van der Waals surface area contributed by atoms with Gasteiger partial charge in [0, 0.05) is 6.54 Å². The number of hydrogen-bond donors (Lipinski definition) is 2. The zero-order valence-electron chi connectivity index (χ0n) is 8.11. The van der Waals surface area contributed by atoms with Gasteiger partial charge in [-0.3, -0.25) is 4.55 Å². The van der Waals surface area contributed by atoms with Gasteiger partial charge in [-0.15, -0.1) is 0 Å². The number of anilines is 1. The van der Waals surface area contributed by atoms with Crippen molar-refractivity contribution < 1.29 is 13.0 Å². The molecule has 4 nitrogen and oxygen atoms in total. The van der Waals surface area contributed by atoms with E-state index in [1.54, 1.807) is 12.1 Å². The van der Waals surface area contributed by atoms with Gasteiger partial charge in [0.05, 0.1) is 5.69 Å². The van der Waals surface area contributed by atoms with E-state index in [4.69, 9.17) is 4.55 Å². The van der Waals surface area contributed by atoms with E-state index >= 15 is 0 Å². The molecule has 0 amide bonds. The molecular weight excluding hydrogens is 202 g/mol. The molecule has 0 saturated carbocycles. The van der Waals surface area contributed by atoms with Crippen molar-refractivity contribution in [2.45, 2.75) is 18.7 Å². The summed E-state index contributed by atoms with van der Waals surface area (Å²) in [4.78, 5) is -0.0787. The van der Waals surface area contributed by atoms with E-state index < -0.39 is 10.1 Å². The molecule has 78 valence electrons. The second-order valence-electron chi connectivity index (χ2n) is 3.01. The summed E-state index contributed by atoms with van der Waals surface area (Å²) in [6.45, 7) is 4.32. The molecule has 0 aliphatic heterocycles. The van der Waals surface area contributed by atoms with Gasteiger partial charge in [-0.2, -0.15) is 8.42 Å². The van der Waals surface area contributed by atoms with Crippen LogP contribution >= 0.6 is 0 Å². The lowest BCUT2D eigenvalue weighted by Gasteiger charge is -2.08. The molecular formula is C9H13NO3S. The Morgan fingerprint density at radius 2 is 2.07 bits per heavy atom. The zero-order valence-corrected chi connectivity index (χ0v) is 8.93. The molecule has 0 fully saturated rings. The third-order valence-electron chi connectivity index (χ3n) is 1.78. The SMILES string of the molecule is CCNc1cc(C)ccc1S(=O)(=O)O. The van der Waals surface area contributed by atoms with Gasteiger partial charge in [0.1, 0.15) is 4.90 Å². The quantitative estimate of drug-likeness (QED) is 0.753. The second-order valence-corrected chi connectivity index (χ2v) is 4.39. The average Bonchev–Trinajstić information content (AvgIpc) is 2.02. The Morgan fingerprint density at radius 1 is 1.43 bits per heavy atom. The van der Waals surface area contributed by atoms with E-state index in [1.165, 1.54) is 6.07 Å². The number of benzene rings is 1. The van der Waals surface area contributed by atoms with Crippen LogP contribution in [0.15, 0.2) is 23.1 Å². The fourth-order valence-electron chi connectivity index (χ4n) is 1.20. The van der Waals surface area contributed by atoms with Crippen molar-refractivity contribution >= 4 is 15.8 Å². The molecule has 0 aromatic heterocycles. The maximum atomic E-state index is 11.0. The summed E-state index contributed by atoms with van der Waals surface area (Å²) in [6, 6.07) is 4.72. The van der Waals surface area contributed by atoms with Crippen molar-refractivity contribution in [3.63, 3.8) is 0 Å². The fourth-order valence-corrected chi connectivity index (χ4v) is 1.85. The van der Waals surface area contributed by atoms with Crippen molar-refractivity contribution in [3.8, 4) is 0 Å². The van der Waals surface area contributed by atoms with E-state index in [9.17, 15) is 8.42 Å². The van der Waals surface area contributed by atoms with Gasteiger partial charge < -0.3 is 5.32 Å². The van der Waals surface area contributed by atoms with E-state index in [-0.39, 0.29) is 4.90 Å². The third kappa shape index (κ3) is 2.46. The topological polar surface area (TPSA) is 66.4 Å². The van der Waals surface area contributed by atoms with Crippen LogP contribution in [0.3, 0.4) is 0 Å². The van der Waals surface area contributed by atoms with Crippen LogP contribution in [-0.2, 0) is 10.1 Å². The number of aryl methyl sites for hydroxylation is 1. The molecule has 0 radical (unpaired) electrons. The Hall–Kier alpha value is -1.07. The summed E-state index contributed by atoms with van der Waals surface area (Å²) in [6.07, 6.45) is 0. The fraction of sp³-hybridized carbons (Fsp3) is 0.333. The molecule has 5 heteroatoms. The molecule has 0 atom stereocenters. The minimum atomic E-state index is -4.13. The third-order valence-corrected chi connectivity index (χ3v) is 2.69. The van der Waals surface area contributed by atoms with Gasteiger partial charge in [0.15, 0.2) is 0 Å². The van der Waals surface area contributed by atoms with Crippen LogP contribution in [-0.4, -0.2) is 19.5 Å². The Labute approximate surface area is 83.7 Å². The molecule has 14 heavy (non-hydrogen) atoms. The number of nitrogens with one attached hydrogen (secondary N) is 1. The predicted molar refractivity (Wildman–Crippen MR) is 55.2 cm³/mol. The molecule has 0 heterocycles. The standard InChI is InChI=1S/C9H13NO3S/c1-3-10-8-6-7(2)4-5-9(8)14(11,12)13/h4-6,10H,3H2,1-2H3,(H,11,12,13). The summed E-state index contributed by atoms with van der Waals surface area (Å²) in [5, 5.41) is 2.88. The van der Waals surface area contributed by atoms with Crippen molar-refractivity contribution in [1.82, 2.24) is 0 Å². The molecule has 0 bridgehead atoms. The van der Waals surface area contributed by atoms with E-state index in [1.807, 2.05) is 13.8 Å². The Balaban J connectivity index is 3.29. The summed E-state index contributed by atoms with van der Waals surface area (Å²) in [5.74, 6) is 0. The summed E-state index contributed by atoms with van der Waals surface area (Å²) >= 11 is 0. The normalized spacial score (nSPS) is 11.4. The highest BCUT2D eigenvalue weighted by atomic mass is 32.2. The summed E-state index contributed by atoms with van der Waals surface area (Å²) in [5.41, 5.74) is 1.38. The maximum absolute atomic E-state index is 11.0. The van der Waals surface area contributed by atoms with Gasteiger partial charge in [0.2, 0.25) is 0 Å². The van der Waals surface area contributed by atoms with Crippen LogP contribution < -0.4 is 5.32 Å². The maximum Gasteiger partial charge on any atom is 0.296 e. The molecule has 0 aliphatic carbocycles. The lowest BCUT2D eigenvalue weighted by atomic mass is 10.2. The summed E-state index contributed by atoms with van der Waals surface area (Å²) < 4.78 is 30.8. The van der Waals surface area contributed by atoms with Crippen molar-refractivity contribution in [1.29, 1.82) is 0 Å². The van der Waals surface area contributed by atoms with Crippen molar-refractivity contribution in [2.24, 2.45) is 0 Å². The first-order chi connectivity index (χ1) is 6.45. The van der Waals surface area contributed by atoms with Gasteiger partial charge in [0.25, 0.3) is 10.1 Å². The molecule has 0 unspecified atom stereocenters. The van der Waals surface area contributed by atoms with Gasteiger partial charge >= 0.3 is 0 Å². The minimum Gasteiger partial charge on any atom is -0.384 e. The summed E-state index contributed by atoms with van der Waals surface area (Å²) in [7, 11) is -4.13. The molecule has 0 spiro atoms. The first kappa shape index (κ1) is 11.0. The van der Waals surface area contributed by atoms with Crippen LogP contribution in [0, 0.1) is 6.92 Å². The van der Waals surface area contributed by atoms with Crippen LogP contribution in [0.5, 0.6) is 0 Å². The first-order valence-corrected chi connectivity index (χ1v) is 5.71. The van der Waals surface area contributed by atoms with Gasteiger partial charge in [-0.1, -0.05) is 6.07 Å². The molecule has 0 saturated heterocycles. The van der Waals surface area contributed by atoms with E-state index in [2.05, 4.69) is 5.32 Å². The van der Waals surface area contributed by atoms with Crippen LogP contribution in [0.25, 0.3) is 0 Å². The first-order valence-electron chi connectivity index (χ1n) is 4.27. The average molecular weight is 215 g/mol. The largest absolute Gasteiger partial charge is 0.384 e. The highest BCUT2D eigenvalue weighted by molar-refractivity contribution is 7.86. The van der Waals surface area contributed by atoms with Gasteiger partial charge in [-0.05, 0) is 31.5 Å². The minimum absolute atomic E-state index is 0.0787. The molecule has 1 rings (SSSR count). The molecule has 1 aromatic carbocycles. The number of rotatable bonds is 3. The van der Waals surface area contributed by atoms with E-state index in [0.717, 1.165) is 5.56 Å². The van der Waals surface area contributed by atoms with Crippen LogP contribution in [0.4, 0.5) is 5.69 Å². The molecule has 2 N–H and O–H groups in total. The smallest absolute Gasteiger partial charge is 0.296 e. The lowest BCUT2D eigenvalue weighted by Crippen LogP contribution is -2.06. The molecule has 1 aromatic rings. The number of hydrogen-bond acceptors (Lipinski definition) is 3. The van der Waals surface area contributed by atoms with Crippen LogP contribution in [0.2, 0.25) is 0 Å². The highest BCUT2D eigenvalue weighted by Crippen LogP contribution is 2.21. The zero-order chi connectivity index (χ0) is 10.8.